The third-order valence-electron chi connectivity index (χ3n) is 4.61. The summed E-state index contributed by atoms with van der Waals surface area (Å²) < 4.78 is 5.95. The molecule has 3 atom stereocenters. The van der Waals surface area contributed by atoms with E-state index in [9.17, 15) is 5.11 Å². The van der Waals surface area contributed by atoms with Gasteiger partial charge in [0.15, 0.2) is 0 Å². The Morgan fingerprint density at radius 1 is 1.36 bits per heavy atom. The number of aliphatic hydroxyl groups excluding tert-OH is 1. The van der Waals surface area contributed by atoms with E-state index in [-0.39, 0.29) is 6.10 Å². The van der Waals surface area contributed by atoms with Crippen LogP contribution in [0.1, 0.15) is 50.7 Å². The zero-order valence-electron chi connectivity index (χ0n) is 14.6. The van der Waals surface area contributed by atoms with Gasteiger partial charge in [-0.25, -0.2) is 0 Å². The van der Waals surface area contributed by atoms with Crippen LogP contribution < -0.4 is 9.64 Å². The third-order valence-corrected chi connectivity index (χ3v) is 4.61. The Balaban J connectivity index is 1.88. The second-order valence-corrected chi connectivity index (χ2v) is 7.32. The Labute approximate surface area is 135 Å². The summed E-state index contributed by atoms with van der Waals surface area (Å²) >= 11 is 0. The number of likely N-dealkylation sites (tertiary alicyclic amines) is 1. The second kappa shape index (κ2) is 7.98. The average molecular weight is 306 g/mol. The predicted octanol–water partition coefficient (Wildman–Crippen LogP) is 2.17. The van der Waals surface area contributed by atoms with Gasteiger partial charge in [0.2, 0.25) is 0 Å². The minimum absolute atomic E-state index is 0.388. The third kappa shape index (κ3) is 4.99. The van der Waals surface area contributed by atoms with Crippen LogP contribution >= 0.6 is 0 Å². The number of quaternary nitrogens is 1. The molecule has 2 rings (SSSR count). The van der Waals surface area contributed by atoms with Crippen molar-refractivity contribution in [1.29, 1.82) is 0 Å². The largest absolute Gasteiger partial charge is 0.490 e. The van der Waals surface area contributed by atoms with Gasteiger partial charge in [-0.1, -0.05) is 32.9 Å². The Kier molecular flexibility index (Phi) is 6.27. The molecule has 0 radical (unpaired) electrons. The van der Waals surface area contributed by atoms with E-state index in [1.54, 1.807) is 0 Å². The highest BCUT2D eigenvalue weighted by Crippen LogP contribution is 2.27. The van der Waals surface area contributed by atoms with Crippen molar-refractivity contribution in [2.24, 2.45) is 5.92 Å². The molecule has 22 heavy (non-hydrogen) atoms. The number of aryl methyl sites for hydroxylation is 1. The number of aliphatic hydroxyl groups is 1. The lowest BCUT2D eigenvalue weighted by Crippen LogP contribution is -3.14. The first-order valence-corrected chi connectivity index (χ1v) is 8.70. The molecule has 2 N–H and O–H groups in total. The van der Waals surface area contributed by atoms with Gasteiger partial charge in [0, 0.05) is 5.92 Å². The number of ether oxygens (including phenoxy) is 1. The molecule has 1 aromatic rings. The Morgan fingerprint density at radius 2 is 2.14 bits per heavy atom. The van der Waals surface area contributed by atoms with Crippen molar-refractivity contribution in [3.05, 3.63) is 29.3 Å². The topological polar surface area (TPSA) is 33.9 Å². The number of benzene rings is 1. The summed E-state index contributed by atoms with van der Waals surface area (Å²) in [5.41, 5.74) is 2.42. The monoisotopic (exact) mass is 306 g/mol. The van der Waals surface area contributed by atoms with E-state index in [0.29, 0.717) is 12.5 Å². The standard InChI is InChI=1S/C19H31NO2/c1-14(2)18-8-7-15(3)10-19(18)22-13-17(21)12-20-9-5-6-16(4)11-20/h7-8,10,14,16-17,21H,5-6,9,11-13H2,1-4H3/p+1/t16-,17+/m0/s1. The molecule has 3 heteroatoms. The van der Waals surface area contributed by atoms with E-state index in [4.69, 9.17) is 4.74 Å². The van der Waals surface area contributed by atoms with E-state index in [0.717, 1.165) is 18.2 Å². The fourth-order valence-corrected chi connectivity index (χ4v) is 3.40. The van der Waals surface area contributed by atoms with Crippen molar-refractivity contribution in [3.8, 4) is 5.75 Å². The number of nitrogens with one attached hydrogen (secondary N) is 1. The van der Waals surface area contributed by atoms with Crippen LogP contribution in [0.4, 0.5) is 0 Å². The molecule has 1 aromatic carbocycles. The van der Waals surface area contributed by atoms with E-state index in [2.05, 4.69) is 45.9 Å². The smallest absolute Gasteiger partial charge is 0.137 e. The van der Waals surface area contributed by atoms with Crippen LogP contribution in [0.3, 0.4) is 0 Å². The molecule has 0 bridgehead atoms. The van der Waals surface area contributed by atoms with Gasteiger partial charge in [-0.3, -0.25) is 0 Å². The van der Waals surface area contributed by atoms with Gasteiger partial charge in [-0.2, -0.15) is 0 Å². The highest BCUT2D eigenvalue weighted by Gasteiger charge is 2.22. The maximum atomic E-state index is 10.3. The second-order valence-electron chi connectivity index (χ2n) is 7.32. The van der Waals surface area contributed by atoms with Crippen LogP contribution in [0.25, 0.3) is 0 Å². The molecule has 0 aliphatic carbocycles. The highest BCUT2D eigenvalue weighted by molar-refractivity contribution is 5.39. The minimum Gasteiger partial charge on any atom is -0.490 e. The van der Waals surface area contributed by atoms with Crippen LogP contribution in [-0.2, 0) is 0 Å². The SMILES string of the molecule is Cc1ccc(C(C)C)c(OC[C@H](O)C[NH+]2CCC[C@H](C)C2)c1. The van der Waals surface area contributed by atoms with Crippen LogP contribution in [0.15, 0.2) is 18.2 Å². The predicted molar refractivity (Wildman–Crippen MR) is 90.7 cm³/mol. The van der Waals surface area contributed by atoms with Crippen molar-refractivity contribution >= 4 is 0 Å². The van der Waals surface area contributed by atoms with E-state index in [1.165, 1.54) is 42.0 Å². The van der Waals surface area contributed by atoms with Crippen LogP contribution in [0.5, 0.6) is 5.75 Å². The lowest BCUT2D eigenvalue weighted by atomic mass is 10.00. The van der Waals surface area contributed by atoms with Crippen molar-refractivity contribution < 1.29 is 14.7 Å². The summed E-state index contributed by atoms with van der Waals surface area (Å²) in [6.45, 7) is 12.3. The summed E-state index contributed by atoms with van der Waals surface area (Å²) in [5.74, 6) is 2.14. The molecule has 0 saturated carbocycles. The summed E-state index contributed by atoms with van der Waals surface area (Å²) in [6, 6.07) is 6.34. The molecular formula is C19H32NO2+. The maximum Gasteiger partial charge on any atom is 0.137 e. The van der Waals surface area contributed by atoms with Crippen molar-refractivity contribution in [3.63, 3.8) is 0 Å². The van der Waals surface area contributed by atoms with Gasteiger partial charge in [0.25, 0.3) is 0 Å². The van der Waals surface area contributed by atoms with Gasteiger partial charge >= 0.3 is 0 Å². The molecule has 1 heterocycles. The van der Waals surface area contributed by atoms with Gasteiger partial charge in [0.05, 0.1) is 13.1 Å². The number of hydrogen-bond acceptors (Lipinski definition) is 2. The van der Waals surface area contributed by atoms with Crippen molar-refractivity contribution in [1.82, 2.24) is 0 Å². The van der Waals surface area contributed by atoms with Crippen molar-refractivity contribution in [2.75, 3.05) is 26.2 Å². The summed E-state index contributed by atoms with van der Waals surface area (Å²) in [5, 5.41) is 10.3. The molecule has 0 spiro atoms. The van der Waals surface area contributed by atoms with Gasteiger partial charge in [0.1, 0.15) is 25.0 Å². The van der Waals surface area contributed by atoms with E-state index < -0.39 is 0 Å². The quantitative estimate of drug-likeness (QED) is 0.844. The molecule has 3 nitrogen and oxygen atoms in total. The molecule has 1 aliphatic rings. The molecular weight excluding hydrogens is 274 g/mol. The first kappa shape index (κ1) is 17.3. The number of rotatable bonds is 6. The van der Waals surface area contributed by atoms with E-state index >= 15 is 0 Å². The lowest BCUT2D eigenvalue weighted by molar-refractivity contribution is -0.911. The maximum absolute atomic E-state index is 10.3. The average Bonchev–Trinajstić information content (AvgIpc) is 2.45. The van der Waals surface area contributed by atoms with Gasteiger partial charge < -0.3 is 14.7 Å². The fraction of sp³-hybridized carbons (Fsp3) is 0.684. The molecule has 0 aromatic heterocycles. The summed E-state index contributed by atoms with van der Waals surface area (Å²) in [4.78, 5) is 1.52. The highest BCUT2D eigenvalue weighted by atomic mass is 16.5. The van der Waals surface area contributed by atoms with Gasteiger partial charge in [-0.15, -0.1) is 0 Å². The number of hydrogen-bond donors (Lipinski definition) is 2. The Bertz CT molecular complexity index is 473. The first-order valence-electron chi connectivity index (χ1n) is 8.70. The summed E-state index contributed by atoms with van der Waals surface area (Å²) in [7, 11) is 0. The summed E-state index contributed by atoms with van der Waals surface area (Å²) in [6.07, 6.45) is 2.22. The molecule has 0 amide bonds. The van der Waals surface area contributed by atoms with Crippen LogP contribution in [0.2, 0.25) is 0 Å². The Hall–Kier alpha value is -1.06. The Morgan fingerprint density at radius 3 is 2.82 bits per heavy atom. The van der Waals surface area contributed by atoms with Crippen LogP contribution in [-0.4, -0.2) is 37.5 Å². The van der Waals surface area contributed by atoms with Crippen molar-refractivity contribution in [2.45, 2.75) is 52.6 Å². The minimum atomic E-state index is -0.388. The normalized spacial score (nSPS) is 23.5. The molecule has 1 fully saturated rings. The molecule has 1 aliphatic heterocycles. The zero-order valence-corrected chi connectivity index (χ0v) is 14.6. The molecule has 1 saturated heterocycles. The fourth-order valence-electron chi connectivity index (χ4n) is 3.40. The van der Waals surface area contributed by atoms with Crippen LogP contribution in [0, 0.1) is 12.8 Å². The zero-order chi connectivity index (χ0) is 16.1. The molecule has 1 unspecified atom stereocenters. The lowest BCUT2D eigenvalue weighted by Gasteiger charge is -2.29. The number of piperidine rings is 1. The molecule has 124 valence electrons. The first-order chi connectivity index (χ1) is 10.5. The van der Waals surface area contributed by atoms with Gasteiger partial charge in [-0.05, 0) is 42.9 Å². The van der Waals surface area contributed by atoms with E-state index in [1.807, 2.05) is 0 Å².